The van der Waals surface area contributed by atoms with E-state index in [-0.39, 0.29) is 5.78 Å². The Kier molecular flexibility index (Phi) is 2.12. The summed E-state index contributed by atoms with van der Waals surface area (Å²) in [6.45, 7) is 1.56. The minimum absolute atomic E-state index is 0.0495. The molecule has 0 aliphatic rings. The summed E-state index contributed by atoms with van der Waals surface area (Å²) in [6.07, 6.45) is 0. The summed E-state index contributed by atoms with van der Waals surface area (Å²) in [5.74, 6) is 0.0495. The molecular formula is C12H9BO. The second kappa shape index (κ2) is 3.30. The Morgan fingerprint density at radius 3 is 2.64 bits per heavy atom. The van der Waals surface area contributed by atoms with Crippen LogP contribution in [-0.4, -0.2) is 13.6 Å². The van der Waals surface area contributed by atoms with Gasteiger partial charge in [-0.2, -0.15) is 0 Å². The zero-order valence-corrected chi connectivity index (χ0v) is 7.95. The van der Waals surface area contributed by atoms with Crippen molar-refractivity contribution in [2.75, 3.05) is 0 Å². The van der Waals surface area contributed by atoms with Crippen molar-refractivity contribution in [3.05, 3.63) is 42.0 Å². The monoisotopic (exact) mass is 180 g/mol. The molecule has 0 aromatic heterocycles. The maximum Gasteiger partial charge on any atom is 0.160 e. The van der Waals surface area contributed by atoms with Crippen molar-refractivity contribution >= 4 is 29.9 Å². The van der Waals surface area contributed by atoms with E-state index in [1.54, 1.807) is 13.0 Å². The molecule has 0 atom stereocenters. The molecule has 1 nitrogen and oxygen atoms in total. The molecule has 2 heteroatoms. The summed E-state index contributed by atoms with van der Waals surface area (Å²) < 4.78 is 0. The van der Waals surface area contributed by atoms with Crippen LogP contribution >= 0.6 is 0 Å². The van der Waals surface area contributed by atoms with E-state index in [0.29, 0.717) is 11.0 Å². The molecule has 0 unspecified atom stereocenters. The molecular weight excluding hydrogens is 171 g/mol. The van der Waals surface area contributed by atoms with Gasteiger partial charge >= 0.3 is 0 Å². The molecule has 0 saturated carbocycles. The lowest BCUT2D eigenvalue weighted by Gasteiger charge is -2.05. The topological polar surface area (TPSA) is 17.1 Å². The molecule has 0 fully saturated rings. The Balaban J connectivity index is 2.87. The molecule has 2 aromatic carbocycles. The van der Waals surface area contributed by atoms with Crippen LogP contribution in [0.3, 0.4) is 0 Å². The van der Waals surface area contributed by atoms with Crippen molar-refractivity contribution in [3.63, 3.8) is 0 Å². The predicted octanol–water partition coefficient (Wildman–Crippen LogP) is 1.84. The van der Waals surface area contributed by atoms with Crippen molar-refractivity contribution in [3.8, 4) is 0 Å². The standard InChI is InChI=1S/C12H9BO/c1-8(14)12-7-10(13)6-9-4-2-3-5-11(9)12/h2-7H,1H3. The van der Waals surface area contributed by atoms with Gasteiger partial charge in [0.05, 0.1) is 0 Å². The molecule has 0 spiro atoms. The Hall–Kier alpha value is -1.57. The number of fused-ring (bicyclic) bond motifs is 1. The highest BCUT2D eigenvalue weighted by molar-refractivity contribution is 6.34. The first-order valence-corrected chi connectivity index (χ1v) is 4.47. The first-order valence-electron chi connectivity index (χ1n) is 4.47. The lowest BCUT2D eigenvalue weighted by atomic mass is 9.89. The Morgan fingerprint density at radius 1 is 1.21 bits per heavy atom. The molecule has 2 aromatic rings. The second-order valence-corrected chi connectivity index (χ2v) is 3.35. The van der Waals surface area contributed by atoms with Gasteiger partial charge in [0.25, 0.3) is 0 Å². The van der Waals surface area contributed by atoms with E-state index in [1.807, 2.05) is 30.3 Å². The van der Waals surface area contributed by atoms with Gasteiger partial charge in [0.1, 0.15) is 7.85 Å². The Labute approximate surface area is 84.2 Å². The van der Waals surface area contributed by atoms with Gasteiger partial charge in [0, 0.05) is 5.56 Å². The van der Waals surface area contributed by atoms with Gasteiger partial charge in [0.15, 0.2) is 5.78 Å². The molecule has 2 rings (SSSR count). The maximum absolute atomic E-state index is 11.4. The number of ketones is 1. The van der Waals surface area contributed by atoms with Crippen molar-refractivity contribution in [1.82, 2.24) is 0 Å². The predicted molar refractivity (Wildman–Crippen MR) is 59.3 cm³/mol. The molecule has 0 aliphatic heterocycles. The molecule has 0 aliphatic carbocycles. The first-order chi connectivity index (χ1) is 6.68. The summed E-state index contributed by atoms with van der Waals surface area (Å²) in [6, 6.07) is 11.4. The molecule has 0 heterocycles. The second-order valence-electron chi connectivity index (χ2n) is 3.35. The summed E-state index contributed by atoms with van der Waals surface area (Å²) in [7, 11) is 5.71. The number of hydrogen-bond donors (Lipinski definition) is 0. The van der Waals surface area contributed by atoms with Gasteiger partial charge in [-0.15, -0.1) is 0 Å². The highest BCUT2D eigenvalue weighted by Crippen LogP contribution is 2.17. The van der Waals surface area contributed by atoms with Crippen molar-refractivity contribution < 1.29 is 4.79 Å². The summed E-state index contributed by atoms with van der Waals surface area (Å²) in [5, 5.41) is 1.98. The Bertz CT molecular complexity index is 503. The highest BCUT2D eigenvalue weighted by atomic mass is 16.1. The van der Waals surface area contributed by atoms with E-state index in [9.17, 15) is 4.79 Å². The number of benzene rings is 2. The van der Waals surface area contributed by atoms with Gasteiger partial charge in [0.2, 0.25) is 0 Å². The third-order valence-electron chi connectivity index (χ3n) is 2.26. The first kappa shape index (κ1) is 9.01. The van der Waals surface area contributed by atoms with Crippen molar-refractivity contribution in [2.24, 2.45) is 0 Å². The molecule has 66 valence electrons. The minimum atomic E-state index is 0.0495. The largest absolute Gasteiger partial charge is 0.294 e. The van der Waals surface area contributed by atoms with Crippen LogP contribution in [0.5, 0.6) is 0 Å². The summed E-state index contributed by atoms with van der Waals surface area (Å²) in [5.41, 5.74) is 1.33. The van der Waals surface area contributed by atoms with Crippen molar-refractivity contribution in [2.45, 2.75) is 6.92 Å². The average Bonchev–Trinajstić information content (AvgIpc) is 2.16. The molecule has 0 saturated heterocycles. The van der Waals surface area contributed by atoms with Crippen LogP contribution in [0, 0.1) is 0 Å². The van der Waals surface area contributed by atoms with Gasteiger partial charge in [-0.25, -0.2) is 0 Å². The lowest BCUT2D eigenvalue weighted by Crippen LogP contribution is -2.06. The van der Waals surface area contributed by atoms with Crippen molar-refractivity contribution in [1.29, 1.82) is 0 Å². The number of hydrogen-bond acceptors (Lipinski definition) is 1. The Morgan fingerprint density at radius 2 is 1.93 bits per heavy atom. The smallest absolute Gasteiger partial charge is 0.160 e. The molecule has 0 amide bonds. The molecule has 0 bridgehead atoms. The zero-order chi connectivity index (χ0) is 10.1. The summed E-state index contributed by atoms with van der Waals surface area (Å²) >= 11 is 0. The fourth-order valence-corrected chi connectivity index (χ4v) is 1.63. The zero-order valence-electron chi connectivity index (χ0n) is 7.95. The van der Waals surface area contributed by atoms with Crippen LogP contribution < -0.4 is 5.46 Å². The minimum Gasteiger partial charge on any atom is -0.294 e. The fourth-order valence-electron chi connectivity index (χ4n) is 1.63. The van der Waals surface area contributed by atoms with Crippen LogP contribution in [0.1, 0.15) is 17.3 Å². The van der Waals surface area contributed by atoms with E-state index < -0.39 is 0 Å². The van der Waals surface area contributed by atoms with Crippen LogP contribution in [0.25, 0.3) is 10.8 Å². The number of Topliss-reactive ketones (excluding diaryl/α,β-unsaturated/α-hetero) is 1. The third-order valence-corrected chi connectivity index (χ3v) is 2.26. The van der Waals surface area contributed by atoms with E-state index >= 15 is 0 Å². The summed E-state index contributed by atoms with van der Waals surface area (Å²) in [4.78, 5) is 11.4. The number of rotatable bonds is 1. The van der Waals surface area contributed by atoms with E-state index in [2.05, 4.69) is 0 Å². The van der Waals surface area contributed by atoms with Crippen LogP contribution in [0.4, 0.5) is 0 Å². The number of carbonyl (C=O) groups is 1. The van der Waals surface area contributed by atoms with Gasteiger partial charge in [-0.05, 0) is 17.7 Å². The van der Waals surface area contributed by atoms with Crippen LogP contribution in [-0.2, 0) is 0 Å². The normalized spacial score (nSPS) is 10.4. The van der Waals surface area contributed by atoms with Gasteiger partial charge in [-0.3, -0.25) is 4.79 Å². The molecule has 14 heavy (non-hydrogen) atoms. The maximum atomic E-state index is 11.4. The van der Waals surface area contributed by atoms with Crippen LogP contribution in [0.2, 0.25) is 0 Å². The third kappa shape index (κ3) is 1.44. The molecule has 0 N–H and O–H groups in total. The average molecular weight is 180 g/mol. The lowest BCUT2D eigenvalue weighted by molar-refractivity contribution is 0.101. The van der Waals surface area contributed by atoms with E-state index in [4.69, 9.17) is 7.85 Å². The highest BCUT2D eigenvalue weighted by Gasteiger charge is 2.05. The van der Waals surface area contributed by atoms with Gasteiger partial charge < -0.3 is 0 Å². The quantitative estimate of drug-likeness (QED) is 0.483. The SMILES string of the molecule is [B]c1cc(C(C)=O)c2ccccc2c1. The van der Waals surface area contributed by atoms with Crippen LogP contribution in [0.15, 0.2) is 36.4 Å². The fraction of sp³-hybridized carbons (Fsp3) is 0.0833. The molecule has 2 radical (unpaired) electrons. The van der Waals surface area contributed by atoms with E-state index in [1.165, 1.54) is 0 Å². The van der Waals surface area contributed by atoms with E-state index in [0.717, 1.165) is 10.8 Å². The number of carbonyl (C=O) groups excluding carboxylic acids is 1. The van der Waals surface area contributed by atoms with Gasteiger partial charge in [-0.1, -0.05) is 41.9 Å².